The van der Waals surface area contributed by atoms with Crippen molar-refractivity contribution in [2.24, 2.45) is 11.7 Å². The van der Waals surface area contributed by atoms with Crippen molar-refractivity contribution in [2.45, 2.75) is 25.3 Å². The van der Waals surface area contributed by atoms with Crippen LogP contribution < -0.4 is 16.9 Å². The first-order valence-electron chi connectivity index (χ1n) is 6.17. The first-order valence-corrected chi connectivity index (χ1v) is 6.17. The largest absolute Gasteiger partial charge is 0.324 e. The van der Waals surface area contributed by atoms with E-state index in [9.17, 15) is 9.59 Å². The van der Waals surface area contributed by atoms with E-state index >= 15 is 0 Å². The van der Waals surface area contributed by atoms with Crippen molar-refractivity contribution in [1.29, 1.82) is 0 Å². The van der Waals surface area contributed by atoms with Crippen LogP contribution in [0.5, 0.6) is 0 Å². The van der Waals surface area contributed by atoms with E-state index in [1.807, 2.05) is 12.1 Å². The summed E-state index contributed by atoms with van der Waals surface area (Å²) >= 11 is 0. The molecule has 0 radical (unpaired) electrons. The Kier molecular flexibility index (Phi) is 2.56. The number of aromatic amines is 2. The molecule has 1 saturated carbocycles. The van der Waals surface area contributed by atoms with Gasteiger partial charge in [0.25, 0.3) is 0 Å². The highest BCUT2D eigenvalue weighted by Gasteiger charge is 2.25. The maximum atomic E-state index is 11.3. The van der Waals surface area contributed by atoms with Crippen LogP contribution in [0.25, 0.3) is 11.0 Å². The third-order valence-corrected chi connectivity index (χ3v) is 3.79. The number of rotatable bonds is 2. The maximum absolute atomic E-state index is 11.3. The second-order valence-electron chi connectivity index (χ2n) is 4.93. The van der Waals surface area contributed by atoms with Crippen LogP contribution in [-0.2, 0) is 0 Å². The third kappa shape index (κ3) is 1.76. The van der Waals surface area contributed by atoms with E-state index in [0.717, 1.165) is 5.56 Å². The van der Waals surface area contributed by atoms with E-state index in [1.54, 1.807) is 6.07 Å². The Hall–Kier alpha value is -1.88. The minimum absolute atomic E-state index is 0.0126. The van der Waals surface area contributed by atoms with Crippen LogP contribution in [0.2, 0.25) is 0 Å². The Morgan fingerprint density at radius 2 is 1.78 bits per heavy atom. The van der Waals surface area contributed by atoms with Gasteiger partial charge in [0.1, 0.15) is 0 Å². The molecule has 5 heteroatoms. The van der Waals surface area contributed by atoms with Gasteiger partial charge in [-0.05, 0) is 36.5 Å². The van der Waals surface area contributed by atoms with Crippen molar-refractivity contribution in [3.05, 3.63) is 44.5 Å². The van der Waals surface area contributed by atoms with Gasteiger partial charge in [0.2, 0.25) is 0 Å². The zero-order valence-electron chi connectivity index (χ0n) is 9.90. The Balaban J connectivity index is 2.07. The molecular weight excluding hydrogens is 230 g/mol. The zero-order valence-corrected chi connectivity index (χ0v) is 9.90. The monoisotopic (exact) mass is 245 g/mol. The molecule has 0 amide bonds. The minimum Gasteiger partial charge on any atom is -0.324 e. The van der Waals surface area contributed by atoms with Gasteiger partial charge in [0.15, 0.2) is 0 Å². The molecule has 0 aliphatic heterocycles. The molecule has 1 heterocycles. The number of aromatic nitrogens is 2. The summed E-state index contributed by atoms with van der Waals surface area (Å²) < 4.78 is 0. The lowest BCUT2D eigenvalue weighted by Gasteiger charge is -2.31. The molecule has 94 valence electrons. The zero-order chi connectivity index (χ0) is 12.7. The van der Waals surface area contributed by atoms with Crippen LogP contribution >= 0.6 is 0 Å². The van der Waals surface area contributed by atoms with E-state index in [1.165, 1.54) is 19.3 Å². The highest BCUT2D eigenvalue weighted by molar-refractivity contribution is 5.74. The molecule has 1 aliphatic carbocycles. The van der Waals surface area contributed by atoms with Crippen LogP contribution in [0.1, 0.15) is 30.9 Å². The van der Waals surface area contributed by atoms with Gasteiger partial charge in [-0.1, -0.05) is 12.5 Å². The first-order chi connectivity index (χ1) is 8.65. The molecule has 4 N–H and O–H groups in total. The highest BCUT2D eigenvalue weighted by atomic mass is 16.2. The Bertz CT molecular complexity index is 697. The number of benzene rings is 1. The van der Waals surface area contributed by atoms with Gasteiger partial charge in [-0.25, -0.2) is 0 Å². The summed E-state index contributed by atoms with van der Waals surface area (Å²) in [6, 6.07) is 5.58. The number of hydrogen-bond acceptors (Lipinski definition) is 3. The van der Waals surface area contributed by atoms with E-state index in [4.69, 9.17) is 5.73 Å². The van der Waals surface area contributed by atoms with Crippen molar-refractivity contribution in [3.8, 4) is 0 Å². The van der Waals surface area contributed by atoms with Gasteiger partial charge < -0.3 is 15.7 Å². The number of hydrogen-bond donors (Lipinski definition) is 3. The van der Waals surface area contributed by atoms with E-state index < -0.39 is 11.1 Å². The fourth-order valence-electron chi connectivity index (χ4n) is 2.41. The number of nitrogens with two attached hydrogens (primary N) is 1. The van der Waals surface area contributed by atoms with Gasteiger partial charge in [-0.15, -0.1) is 0 Å². The van der Waals surface area contributed by atoms with Crippen LogP contribution in [0.3, 0.4) is 0 Å². The average molecular weight is 245 g/mol. The smallest absolute Gasteiger partial charge is 0.314 e. The molecule has 1 fully saturated rings. The second-order valence-corrected chi connectivity index (χ2v) is 4.93. The van der Waals surface area contributed by atoms with E-state index in [0.29, 0.717) is 17.0 Å². The number of H-pyrrole nitrogens is 2. The lowest BCUT2D eigenvalue weighted by molar-refractivity contribution is 0.264. The molecule has 0 saturated heterocycles. The van der Waals surface area contributed by atoms with Crippen LogP contribution in [0.4, 0.5) is 0 Å². The van der Waals surface area contributed by atoms with Crippen molar-refractivity contribution < 1.29 is 0 Å². The van der Waals surface area contributed by atoms with Gasteiger partial charge in [0.05, 0.1) is 11.0 Å². The molecule has 1 atom stereocenters. The standard InChI is InChI=1S/C13H15N3O2/c14-11(7-2-1-3-7)8-4-5-9-10(6-8)16-13(18)12(17)15-9/h4-7,11H,1-3,14H2,(H,15,17)(H,16,18). The number of nitrogens with one attached hydrogen (secondary N) is 2. The third-order valence-electron chi connectivity index (χ3n) is 3.79. The van der Waals surface area contributed by atoms with Crippen LogP contribution in [-0.4, -0.2) is 9.97 Å². The molecule has 5 nitrogen and oxygen atoms in total. The molecule has 1 aromatic carbocycles. The number of fused-ring (bicyclic) bond motifs is 1. The molecule has 1 unspecified atom stereocenters. The lowest BCUT2D eigenvalue weighted by atomic mass is 9.77. The fourth-order valence-corrected chi connectivity index (χ4v) is 2.41. The van der Waals surface area contributed by atoms with Gasteiger partial charge >= 0.3 is 11.1 Å². The molecule has 0 spiro atoms. The summed E-state index contributed by atoms with van der Waals surface area (Å²) in [6.45, 7) is 0. The van der Waals surface area contributed by atoms with E-state index in [-0.39, 0.29) is 6.04 Å². The summed E-state index contributed by atoms with van der Waals surface area (Å²) in [4.78, 5) is 27.6. The summed E-state index contributed by atoms with van der Waals surface area (Å²) in [5.41, 5.74) is 7.21. The quantitative estimate of drug-likeness (QED) is 0.690. The predicted molar refractivity (Wildman–Crippen MR) is 69.5 cm³/mol. The Labute approximate surface area is 103 Å². The van der Waals surface area contributed by atoms with Crippen molar-refractivity contribution in [3.63, 3.8) is 0 Å². The first kappa shape index (κ1) is 11.2. The SMILES string of the molecule is NC(c1ccc2[nH]c(=O)c(=O)[nH]c2c1)C1CCC1. The molecule has 1 aliphatic rings. The second kappa shape index (κ2) is 4.10. The molecule has 3 rings (SSSR count). The highest BCUT2D eigenvalue weighted by Crippen LogP contribution is 2.36. The normalized spacial score (nSPS) is 17.6. The predicted octanol–water partition coefficient (Wildman–Crippen LogP) is 1.02. The van der Waals surface area contributed by atoms with Crippen molar-refractivity contribution in [2.75, 3.05) is 0 Å². The maximum Gasteiger partial charge on any atom is 0.314 e. The van der Waals surface area contributed by atoms with Crippen LogP contribution in [0.15, 0.2) is 27.8 Å². The van der Waals surface area contributed by atoms with Crippen LogP contribution in [0, 0.1) is 5.92 Å². The van der Waals surface area contributed by atoms with Crippen molar-refractivity contribution in [1.82, 2.24) is 9.97 Å². The molecule has 1 aromatic heterocycles. The molecule has 2 aromatic rings. The average Bonchev–Trinajstić information content (AvgIpc) is 2.27. The van der Waals surface area contributed by atoms with Gasteiger partial charge in [-0.3, -0.25) is 9.59 Å². The molecular formula is C13H15N3O2. The van der Waals surface area contributed by atoms with E-state index in [2.05, 4.69) is 9.97 Å². The summed E-state index contributed by atoms with van der Waals surface area (Å²) in [5.74, 6) is 0.539. The van der Waals surface area contributed by atoms with Crippen molar-refractivity contribution >= 4 is 11.0 Å². The Morgan fingerprint density at radius 3 is 2.39 bits per heavy atom. The summed E-state index contributed by atoms with van der Waals surface area (Å²) in [6.07, 6.45) is 3.58. The van der Waals surface area contributed by atoms with Gasteiger partial charge in [-0.2, -0.15) is 0 Å². The lowest BCUT2D eigenvalue weighted by Crippen LogP contribution is -2.29. The Morgan fingerprint density at radius 1 is 1.11 bits per heavy atom. The molecule has 18 heavy (non-hydrogen) atoms. The topological polar surface area (TPSA) is 91.7 Å². The summed E-state index contributed by atoms with van der Waals surface area (Å²) in [5, 5.41) is 0. The fraction of sp³-hybridized carbons (Fsp3) is 0.385. The minimum atomic E-state index is -0.628. The summed E-state index contributed by atoms with van der Waals surface area (Å²) in [7, 11) is 0. The molecule has 0 bridgehead atoms. The van der Waals surface area contributed by atoms with Gasteiger partial charge in [0, 0.05) is 6.04 Å².